The van der Waals surface area contributed by atoms with Crippen LogP contribution in [0, 0.1) is 4.77 Å². The second-order valence-electron chi connectivity index (χ2n) is 4.77. The topological polar surface area (TPSA) is 20.7 Å². The lowest BCUT2D eigenvalue weighted by Crippen LogP contribution is -2.09. The van der Waals surface area contributed by atoms with Gasteiger partial charge in [0, 0.05) is 0 Å². The third-order valence-corrected chi connectivity index (χ3v) is 4.20. The number of imidazole rings is 1. The largest absolute Gasteiger partial charge is 0.329 e. The molecule has 0 saturated heterocycles. The van der Waals surface area contributed by atoms with Gasteiger partial charge in [0.1, 0.15) is 0 Å². The van der Waals surface area contributed by atoms with Gasteiger partial charge in [0.15, 0.2) is 4.77 Å². The Labute approximate surface area is 128 Å². The van der Waals surface area contributed by atoms with Crippen LogP contribution in [0.4, 0.5) is 0 Å². The zero-order valence-electron chi connectivity index (χ0n) is 11.1. The van der Waals surface area contributed by atoms with Crippen LogP contribution in [0.5, 0.6) is 0 Å². The number of hydrogen-bond acceptors (Lipinski definition) is 1. The standard InChI is InChI=1S/C16H15ClN2S/c1-2-13(11-7-4-3-5-8-11)19-14-10-6-9-12(17)15(14)18-16(19)20/h3-10,13H,2H2,1H3,(H,18,20). The summed E-state index contributed by atoms with van der Waals surface area (Å²) in [6, 6.07) is 16.5. The first-order valence-corrected chi connectivity index (χ1v) is 7.44. The molecule has 1 aromatic heterocycles. The van der Waals surface area contributed by atoms with Crippen LogP contribution >= 0.6 is 23.8 Å². The maximum Gasteiger partial charge on any atom is 0.178 e. The molecule has 0 spiro atoms. The summed E-state index contributed by atoms with van der Waals surface area (Å²) in [5, 5.41) is 0.704. The predicted octanol–water partition coefficient (Wildman–Crippen LogP) is 5.35. The van der Waals surface area contributed by atoms with Crippen LogP contribution in [0.1, 0.15) is 24.9 Å². The van der Waals surface area contributed by atoms with Gasteiger partial charge in [-0.3, -0.25) is 0 Å². The van der Waals surface area contributed by atoms with Crippen molar-refractivity contribution in [3.05, 3.63) is 63.9 Å². The van der Waals surface area contributed by atoms with E-state index in [1.165, 1.54) is 5.56 Å². The van der Waals surface area contributed by atoms with Crippen molar-refractivity contribution < 1.29 is 0 Å². The minimum absolute atomic E-state index is 0.218. The van der Waals surface area contributed by atoms with Crippen LogP contribution < -0.4 is 0 Å². The molecular formula is C16H15ClN2S. The maximum atomic E-state index is 6.25. The molecule has 1 unspecified atom stereocenters. The van der Waals surface area contributed by atoms with Crippen LogP contribution in [0.2, 0.25) is 5.02 Å². The van der Waals surface area contributed by atoms with Crippen LogP contribution in [0.15, 0.2) is 48.5 Å². The predicted molar refractivity (Wildman–Crippen MR) is 87.0 cm³/mol. The summed E-state index contributed by atoms with van der Waals surface area (Å²) in [5.41, 5.74) is 3.22. The normalized spacial score (nSPS) is 12.7. The summed E-state index contributed by atoms with van der Waals surface area (Å²) in [6.07, 6.45) is 0.970. The fourth-order valence-corrected chi connectivity index (χ4v) is 3.21. The molecule has 4 heteroatoms. The van der Waals surface area contributed by atoms with Gasteiger partial charge >= 0.3 is 0 Å². The van der Waals surface area contributed by atoms with Crippen LogP contribution in [-0.2, 0) is 0 Å². The molecule has 2 nitrogen and oxygen atoms in total. The second kappa shape index (κ2) is 5.43. The van der Waals surface area contributed by atoms with Gasteiger partial charge in [0.25, 0.3) is 0 Å². The second-order valence-corrected chi connectivity index (χ2v) is 5.56. The van der Waals surface area contributed by atoms with Gasteiger partial charge in [-0.15, -0.1) is 0 Å². The smallest absolute Gasteiger partial charge is 0.178 e. The number of hydrogen-bond donors (Lipinski definition) is 1. The molecule has 1 atom stereocenters. The van der Waals surface area contributed by atoms with Crippen molar-refractivity contribution in [2.45, 2.75) is 19.4 Å². The highest BCUT2D eigenvalue weighted by atomic mass is 35.5. The summed E-state index contributed by atoms with van der Waals surface area (Å²) in [5.74, 6) is 0. The first kappa shape index (κ1) is 13.4. The fraction of sp³-hybridized carbons (Fsp3) is 0.188. The van der Waals surface area contributed by atoms with E-state index in [1.807, 2.05) is 18.2 Å². The van der Waals surface area contributed by atoms with Gasteiger partial charge in [-0.05, 0) is 36.3 Å². The number of H-pyrrole nitrogens is 1. The molecule has 0 radical (unpaired) electrons. The number of aromatic nitrogens is 2. The highest BCUT2D eigenvalue weighted by molar-refractivity contribution is 7.71. The molecule has 1 heterocycles. The van der Waals surface area contributed by atoms with Gasteiger partial charge in [-0.2, -0.15) is 0 Å². The molecule has 0 fully saturated rings. The van der Waals surface area contributed by atoms with Gasteiger partial charge < -0.3 is 9.55 Å². The van der Waals surface area contributed by atoms with Crippen LogP contribution in [0.3, 0.4) is 0 Å². The SMILES string of the molecule is CCC(c1ccccc1)n1c(=S)[nH]c2c(Cl)cccc21. The first-order chi connectivity index (χ1) is 9.72. The molecule has 3 aromatic rings. The summed E-state index contributed by atoms with van der Waals surface area (Å²) in [7, 11) is 0. The third kappa shape index (κ3) is 2.17. The van der Waals surface area contributed by atoms with Crippen molar-refractivity contribution >= 4 is 34.9 Å². The van der Waals surface area contributed by atoms with Gasteiger partial charge in [0.05, 0.1) is 22.1 Å². The summed E-state index contributed by atoms with van der Waals surface area (Å²) in [6.45, 7) is 2.17. The Hall–Kier alpha value is -1.58. The molecule has 0 bridgehead atoms. The molecule has 0 aliphatic heterocycles. The van der Waals surface area contributed by atoms with Crippen molar-refractivity contribution in [3.63, 3.8) is 0 Å². The molecule has 3 rings (SSSR count). The Morgan fingerprint density at radius 3 is 2.60 bits per heavy atom. The monoisotopic (exact) mass is 302 g/mol. The summed E-state index contributed by atoms with van der Waals surface area (Å²) in [4.78, 5) is 3.23. The number of fused-ring (bicyclic) bond motifs is 1. The number of aromatic amines is 1. The zero-order valence-corrected chi connectivity index (χ0v) is 12.7. The highest BCUT2D eigenvalue weighted by Crippen LogP contribution is 2.29. The van der Waals surface area contributed by atoms with E-state index in [4.69, 9.17) is 23.8 Å². The quantitative estimate of drug-likeness (QED) is 0.647. The minimum Gasteiger partial charge on any atom is -0.329 e. The Kier molecular flexibility index (Phi) is 3.64. The maximum absolute atomic E-state index is 6.25. The van der Waals surface area contributed by atoms with E-state index in [-0.39, 0.29) is 6.04 Å². The molecule has 0 amide bonds. The van der Waals surface area contributed by atoms with Gasteiger partial charge in [-0.25, -0.2) is 0 Å². The molecule has 1 N–H and O–H groups in total. The van der Waals surface area contributed by atoms with E-state index in [0.717, 1.165) is 17.5 Å². The summed E-state index contributed by atoms with van der Waals surface area (Å²) < 4.78 is 2.87. The Bertz CT molecular complexity index is 789. The molecule has 20 heavy (non-hydrogen) atoms. The lowest BCUT2D eigenvalue weighted by molar-refractivity contribution is 0.575. The number of nitrogens with one attached hydrogen (secondary N) is 1. The van der Waals surface area contributed by atoms with E-state index >= 15 is 0 Å². The number of halogens is 1. The lowest BCUT2D eigenvalue weighted by atomic mass is 10.0. The zero-order chi connectivity index (χ0) is 14.1. The average Bonchev–Trinajstić information content (AvgIpc) is 2.80. The molecule has 102 valence electrons. The summed E-state index contributed by atoms with van der Waals surface area (Å²) >= 11 is 11.7. The van der Waals surface area contributed by atoms with Crippen molar-refractivity contribution in [3.8, 4) is 0 Å². The van der Waals surface area contributed by atoms with E-state index in [9.17, 15) is 0 Å². The van der Waals surface area contributed by atoms with Crippen molar-refractivity contribution in [1.29, 1.82) is 0 Å². The fourth-order valence-electron chi connectivity index (χ4n) is 2.67. The Morgan fingerprint density at radius 2 is 1.90 bits per heavy atom. The minimum atomic E-state index is 0.218. The molecular weight excluding hydrogens is 288 g/mol. The Balaban J connectivity index is 2.25. The number of nitrogens with zero attached hydrogens (tertiary/aromatic N) is 1. The van der Waals surface area contributed by atoms with E-state index < -0.39 is 0 Å². The number of para-hydroxylation sites is 1. The van der Waals surface area contributed by atoms with Crippen molar-refractivity contribution in [2.75, 3.05) is 0 Å². The molecule has 2 aromatic carbocycles. The highest BCUT2D eigenvalue weighted by Gasteiger charge is 2.16. The number of benzene rings is 2. The molecule has 0 aliphatic rings. The Morgan fingerprint density at radius 1 is 1.15 bits per heavy atom. The number of rotatable bonds is 3. The van der Waals surface area contributed by atoms with E-state index in [2.05, 4.69) is 46.8 Å². The third-order valence-electron chi connectivity index (χ3n) is 3.58. The molecule has 0 aliphatic carbocycles. The van der Waals surface area contributed by atoms with Crippen molar-refractivity contribution in [2.24, 2.45) is 0 Å². The van der Waals surface area contributed by atoms with Crippen molar-refractivity contribution in [1.82, 2.24) is 9.55 Å². The molecule has 0 saturated carbocycles. The first-order valence-electron chi connectivity index (χ1n) is 6.66. The van der Waals surface area contributed by atoms with Crippen LogP contribution in [-0.4, -0.2) is 9.55 Å². The lowest BCUT2D eigenvalue weighted by Gasteiger charge is -2.18. The van der Waals surface area contributed by atoms with Crippen LogP contribution in [0.25, 0.3) is 11.0 Å². The average molecular weight is 303 g/mol. The van der Waals surface area contributed by atoms with Gasteiger partial charge in [-0.1, -0.05) is 54.9 Å². The van der Waals surface area contributed by atoms with E-state index in [1.54, 1.807) is 0 Å². The van der Waals surface area contributed by atoms with Gasteiger partial charge in [0.2, 0.25) is 0 Å². The van der Waals surface area contributed by atoms with E-state index in [0.29, 0.717) is 9.79 Å².